The minimum absolute atomic E-state index is 0.0747. The highest BCUT2D eigenvalue weighted by Gasteiger charge is 2.22. The molecule has 0 bridgehead atoms. The first-order valence-electron chi connectivity index (χ1n) is 6.76. The Morgan fingerprint density at radius 3 is 2.39 bits per heavy atom. The summed E-state index contributed by atoms with van der Waals surface area (Å²) >= 11 is 5.91. The van der Waals surface area contributed by atoms with Crippen LogP contribution in [-0.2, 0) is 21.2 Å². The lowest BCUT2D eigenvalue weighted by molar-refractivity contribution is -0.127. The molecule has 0 N–H and O–H groups in total. The van der Waals surface area contributed by atoms with E-state index in [-0.39, 0.29) is 22.0 Å². The average molecular weight is 356 g/mol. The standard InChI is InChI=1S/C16H15ClFNO3S/c1-19(10-13-14(17)8-5-9-15(13)18)16(20)11-23(21,22)12-6-3-2-4-7-12/h2-9H,10-11H2,1H3. The molecule has 0 radical (unpaired) electrons. The largest absolute Gasteiger partial charge is 0.340 e. The Morgan fingerprint density at radius 1 is 1.13 bits per heavy atom. The predicted molar refractivity (Wildman–Crippen MR) is 86.4 cm³/mol. The van der Waals surface area contributed by atoms with Crippen molar-refractivity contribution in [3.8, 4) is 0 Å². The normalized spacial score (nSPS) is 11.3. The quantitative estimate of drug-likeness (QED) is 0.828. The number of halogens is 2. The third-order valence-corrected chi connectivity index (χ3v) is 5.27. The third kappa shape index (κ3) is 4.30. The number of hydrogen-bond donors (Lipinski definition) is 0. The summed E-state index contributed by atoms with van der Waals surface area (Å²) in [7, 11) is -2.33. The van der Waals surface area contributed by atoms with Gasteiger partial charge in [0, 0.05) is 24.2 Å². The summed E-state index contributed by atoms with van der Waals surface area (Å²) in [5.74, 6) is -1.85. The molecular weight excluding hydrogens is 341 g/mol. The smallest absolute Gasteiger partial charge is 0.238 e. The number of nitrogens with zero attached hydrogens (tertiary/aromatic N) is 1. The van der Waals surface area contributed by atoms with Crippen LogP contribution in [0.15, 0.2) is 53.4 Å². The fourth-order valence-electron chi connectivity index (χ4n) is 1.99. The van der Waals surface area contributed by atoms with Crippen molar-refractivity contribution in [3.05, 3.63) is 64.9 Å². The van der Waals surface area contributed by atoms with Gasteiger partial charge in [-0.15, -0.1) is 0 Å². The molecule has 0 saturated carbocycles. The Bertz CT molecular complexity index is 789. The van der Waals surface area contributed by atoms with Crippen LogP contribution in [0.2, 0.25) is 5.02 Å². The summed E-state index contributed by atoms with van der Waals surface area (Å²) in [6, 6.07) is 11.9. The van der Waals surface area contributed by atoms with Crippen molar-refractivity contribution in [1.82, 2.24) is 4.90 Å². The van der Waals surface area contributed by atoms with E-state index >= 15 is 0 Å². The Hall–Kier alpha value is -1.92. The average Bonchev–Trinajstić information content (AvgIpc) is 2.51. The number of carbonyl (C=O) groups is 1. The van der Waals surface area contributed by atoms with Gasteiger partial charge in [-0.2, -0.15) is 0 Å². The monoisotopic (exact) mass is 355 g/mol. The van der Waals surface area contributed by atoms with E-state index in [4.69, 9.17) is 11.6 Å². The highest BCUT2D eigenvalue weighted by molar-refractivity contribution is 7.92. The summed E-state index contributed by atoms with van der Waals surface area (Å²) < 4.78 is 38.1. The van der Waals surface area contributed by atoms with Gasteiger partial charge < -0.3 is 4.90 Å². The molecule has 0 heterocycles. The zero-order chi connectivity index (χ0) is 17.0. The van der Waals surface area contributed by atoms with Crippen LogP contribution in [0.4, 0.5) is 4.39 Å². The van der Waals surface area contributed by atoms with Gasteiger partial charge >= 0.3 is 0 Å². The summed E-state index contributed by atoms with van der Waals surface area (Å²) in [6.07, 6.45) is 0. The number of benzene rings is 2. The van der Waals surface area contributed by atoms with Gasteiger partial charge in [-0.05, 0) is 24.3 Å². The topological polar surface area (TPSA) is 54.5 Å². The molecule has 2 aromatic carbocycles. The second-order valence-electron chi connectivity index (χ2n) is 5.02. The maximum Gasteiger partial charge on any atom is 0.238 e. The lowest BCUT2D eigenvalue weighted by atomic mass is 10.2. The summed E-state index contributed by atoms with van der Waals surface area (Å²) in [6.45, 7) is -0.103. The van der Waals surface area contributed by atoms with Crippen molar-refractivity contribution in [2.75, 3.05) is 12.8 Å². The number of carbonyl (C=O) groups excluding carboxylic acids is 1. The molecular formula is C16H15ClFNO3S. The Labute approximate surface area is 139 Å². The number of hydrogen-bond acceptors (Lipinski definition) is 3. The van der Waals surface area contributed by atoms with E-state index in [2.05, 4.69) is 0 Å². The maximum absolute atomic E-state index is 13.7. The molecule has 122 valence electrons. The molecule has 4 nitrogen and oxygen atoms in total. The van der Waals surface area contributed by atoms with Crippen molar-refractivity contribution in [3.63, 3.8) is 0 Å². The first-order chi connectivity index (χ1) is 10.8. The van der Waals surface area contributed by atoms with Crippen molar-refractivity contribution in [2.24, 2.45) is 0 Å². The lowest BCUT2D eigenvalue weighted by Gasteiger charge is -2.18. The molecule has 0 atom stereocenters. The van der Waals surface area contributed by atoms with Gasteiger partial charge in [0.2, 0.25) is 5.91 Å². The molecule has 0 aliphatic rings. The molecule has 7 heteroatoms. The van der Waals surface area contributed by atoms with Crippen molar-refractivity contribution < 1.29 is 17.6 Å². The van der Waals surface area contributed by atoms with Crippen LogP contribution in [0.3, 0.4) is 0 Å². The van der Waals surface area contributed by atoms with Gasteiger partial charge in [0.1, 0.15) is 11.6 Å². The van der Waals surface area contributed by atoms with Gasteiger partial charge in [-0.1, -0.05) is 35.9 Å². The van der Waals surface area contributed by atoms with E-state index in [9.17, 15) is 17.6 Å². The van der Waals surface area contributed by atoms with Crippen LogP contribution in [0.1, 0.15) is 5.56 Å². The maximum atomic E-state index is 13.7. The molecule has 0 spiro atoms. The molecule has 1 amide bonds. The van der Waals surface area contributed by atoms with Crippen LogP contribution >= 0.6 is 11.6 Å². The van der Waals surface area contributed by atoms with Crippen LogP contribution in [0.5, 0.6) is 0 Å². The molecule has 0 saturated heterocycles. The van der Waals surface area contributed by atoms with Crippen LogP contribution in [-0.4, -0.2) is 32.0 Å². The summed E-state index contributed by atoms with van der Waals surface area (Å²) in [5.41, 5.74) is 0.155. The molecule has 0 fully saturated rings. The Kier molecular flexibility index (Phi) is 5.38. The van der Waals surface area contributed by atoms with Crippen LogP contribution in [0.25, 0.3) is 0 Å². The van der Waals surface area contributed by atoms with E-state index < -0.39 is 27.3 Å². The lowest BCUT2D eigenvalue weighted by Crippen LogP contribution is -2.32. The Balaban J connectivity index is 2.12. The number of rotatable bonds is 5. The molecule has 23 heavy (non-hydrogen) atoms. The van der Waals surface area contributed by atoms with E-state index in [0.717, 1.165) is 4.90 Å². The molecule has 0 aliphatic carbocycles. The van der Waals surface area contributed by atoms with E-state index in [0.29, 0.717) is 0 Å². The molecule has 2 aromatic rings. The molecule has 0 aromatic heterocycles. The van der Waals surface area contributed by atoms with E-state index in [1.165, 1.54) is 37.4 Å². The SMILES string of the molecule is CN(Cc1c(F)cccc1Cl)C(=O)CS(=O)(=O)c1ccccc1. The highest BCUT2D eigenvalue weighted by Crippen LogP contribution is 2.20. The summed E-state index contributed by atoms with van der Waals surface area (Å²) in [5, 5.41) is 0.190. The molecule has 0 unspecified atom stereocenters. The van der Waals surface area contributed by atoms with Crippen molar-refractivity contribution in [1.29, 1.82) is 0 Å². The van der Waals surface area contributed by atoms with Gasteiger partial charge in [-0.3, -0.25) is 4.79 Å². The Morgan fingerprint density at radius 2 is 1.78 bits per heavy atom. The molecule has 0 aliphatic heterocycles. The minimum atomic E-state index is -3.74. The van der Waals surface area contributed by atoms with E-state index in [1.807, 2.05) is 0 Å². The minimum Gasteiger partial charge on any atom is -0.340 e. The fraction of sp³-hybridized carbons (Fsp3) is 0.188. The van der Waals surface area contributed by atoms with Gasteiger partial charge in [0.05, 0.1) is 4.90 Å². The van der Waals surface area contributed by atoms with Crippen LogP contribution < -0.4 is 0 Å². The second-order valence-corrected chi connectivity index (χ2v) is 7.42. The van der Waals surface area contributed by atoms with Crippen molar-refractivity contribution >= 4 is 27.3 Å². The van der Waals surface area contributed by atoms with Gasteiger partial charge in [-0.25, -0.2) is 12.8 Å². The first-order valence-corrected chi connectivity index (χ1v) is 8.79. The predicted octanol–water partition coefficient (Wildman–Crippen LogP) is 2.91. The highest BCUT2D eigenvalue weighted by atomic mass is 35.5. The number of amides is 1. The van der Waals surface area contributed by atoms with Gasteiger partial charge in [0.15, 0.2) is 9.84 Å². The molecule has 2 rings (SSSR count). The van der Waals surface area contributed by atoms with Crippen molar-refractivity contribution in [2.45, 2.75) is 11.4 Å². The third-order valence-electron chi connectivity index (χ3n) is 3.30. The fourth-order valence-corrected chi connectivity index (χ4v) is 3.50. The van der Waals surface area contributed by atoms with E-state index in [1.54, 1.807) is 18.2 Å². The van der Waals surface area contributed by atoms with Crippen LogP contribution in [0, 0.1) is 5.82 Å². The zero-order valence-corrected chi connectivity index (χ0v) is 13.9. The summed E-state index contributed by atoms with van der Waals surface area (Å²) in [4.78, 5) is 13.4. The first kappa shape index (κ1) is 17.4. The zero-order valence-electron chi connectivity index (χ0n) is 12.4. The van der Waals surface area contributed by atoms with Gasteiger partial charge in [0.25, 0.3) is 0 Å². The second kappa shape index (κ2) is 7.10. The number of sulfone groups is 1.